The summed E-state index contributed by atoms with van der Waals surface area (Å²) in [6.07, 6.45) is 2.50. The van der Waals surface area contributed by atoms with Gasteiger partial charge in [-0.15, -0.1) is 0 Å². The van der Waals surface area contributed by atoms with Crippen molar-refractivity contribution in [2.45, 2.75) is 0 Å². The van der Waals surface area contributed by atoms with Crippen LogP contribution in [0.5, 0.6) is 0 Å². The van der Waals surface area contributed by atoms with Crippen LogP contribution in [0, 0.1) is 0 Å². The molecule has 0 saturated heterocycles. The topological polar surface area (TPSA) is 40.1 Å². The third kappa shape index (κ3) is 12.9. The third-order valence-corrected chi connectivity index (χ3v) is 1.21. The SMILES string of the molecule is FB(F)F.O=C([O-])C=Cc1ccccc1.[Li+]. The van der Waals surface area contributed by atoms with Crippen LogP contribution >= 0.6 is 0 Å². The molecule has 0 heterocycles. The number of hydrogen-bond donors (Lipinski definition) is 0. The summed E-state index contributed by atoms with van der Waals surface area (Å²) in [5, 5.41) is 9.97. The zero-order valence-electron chi connectivity index (χ0n) is 8.57. The van der Waals surface area contributed by atoms with Crippen molar-refractivity contribution in [1.29, 1.82) is 0 Å². The molecule has 0 aliphatic heterocycles. The van der Waals surface area contributed by atoms with Crippen molar-refractivity contribution in [1.82, 2.24) is 0 Å². The molecular weight excluding hydrogens is 215 g/mol. The molecule has 0 radical (unpaired) electrons. The maximum absolute atomic E-state index is 9.97. The first-order chi connectivity index (χ1) is 7.02. The second-order valence-corrected chi connectivity index (χ2v) is 2.31. The van der Waals surface area contributed by atoms with Crippen LogP contribution in [-0.2, 0) is 4.79 Å². The number of rotatable bonds is 2. The number of carbonyl (C=O) groups excluding carboxylic acids is 1. The van der Waals surface area contributed by atoms with E-state index in [-0.39, 0.29) is 18.9 Å². The number of halogens is 3. The van der Waals surface area contributed by atoms with E-state index in [0.29, 0.717) is 0 Å². The fraction of sp³-hybridized carbons (Fsp3) is 0. The molecular formula is C9H7BF3LiO2. The van der Waals surface area contributed by atoms with E-state index in [1.54, 1.807) is 0 Å². The first-order valence-electron chi connectivity index (χ1n) is 3.88. The van der Waals surface area contributed by atoms with Gasteiger partial charge in [0.25, 0.3) is 0 Å². The Bertz CT molecular complexity index is 317. The van der Waals surface area contributed by atoms with E-state index >= 15 is 0 Å². The van der Waals surface area contributed by atoms with Crippen LogP contribution in [0.1, 0.15) is 5.56 Å². The van der Waals surface area contributed by atoms with Gasteiger partial charge in [-0.3, -0.25) is 12.9 Å². The van der Waals surface area contributed by atoms with Crippen molar-refractivity contribution in [3.05, 3.63) is 42.0 Å². The largest absolute Gasteiger partial charge is 1.00 e. The van der Waals surface area contributed by atoms with E-state index in [1.807, 2.05) is 30.3 Å². The Morgan fingerprint density at radius 3 is 2.00 bits per heavy atom. The van der Waals surface area contributed by atoms with Gasteiger partial charge in [-0.05, 0) is 11.6 Å². The second kappa shape index (κ2) is 10.4. The minimum atomic E-state index is -3.67. The quantitative estimate of drug-likeness (QED) is 0.443. The summed E-state index contributed by atoms with van der Waals surface area (Å²) in [4.78, 5) is 9.97. The van der Waals surface area contributed by atoms with E-state index < -0.39 is 13.5 Å². The minimum Gasteiger partial charge on any atom is -0.545 e. The van der Waals surface area contributed by atoms with Crippen molar-refractivity contribution in [3.8, 4) is 0 Å². The molecule has 0 N–H and O–H groups in total. The van der Waals surface area contributed by atoms with Gasteiger partial charge in [0.05, 0.1) is 5.97 Å². The normalized spacial score (nSPS) is 8.69. The summed E-state index contributed by atoms with van der Waals surface area (Å²) in [5.41, 5.74) is 0.858. The monoisotopic (exact) mass is 222 g/mol. The van der Waals surface area contributed by atoms with Gasteiger partial charge >= 0.3 is 26.4 Å². The van der Waals surface area contributed by atoms with Crippen molar-refractivity contribution in [3.63, 3.8) is 0 Å². The molecule has 7 heteroatoms. The molecule has 80 valence electrons. The average molecular weight is 222 g/mol. The third-order valence-electron chi connectivity index (χ3n) is 1.21. The smallest absolute Gasteiger partial charge is 0.545 e. The predicted octanol–water partition coefficient (Wildman–Crippen LogP) is -1.67. The second-order valence-electron chi connectivity index (χ2n) is 2.31. The summed E-state index contributed by atoms with van der Waals surface area (Å²) < 4.78 is 29.0. The van der Waals surface area contributed by atoms with Crippen LogP contribution in [0.25, 0.3) is 6.08 Å². The van der Waals surface area contributed by atoms with Gasteiger partial charge in [-0.1, -0.05) is 36.4 Å². The number of aliphatic carboxylic acids is 1. The maximum atomic E-state index is 9.97. The van der Waals surface area contributed by atoms with Crippen molar-refractivity contribution >= 4 is 19.6 Å². The van der Waals surface area contributed by atoms with Gasteiger partial charge in [0.2, 0.25) is 0 Å². The molecule has 0 atom stereocenters. The first kappa shape index (κ1) is 17.3. The van der Waals surface area contributed by atoms with Gasteiger partial charge in [0.15, 0.2) is 0 Å². The van der Waals surface area contributed by atoms with Gasteiger partial charge in [0, 0.05) is 0 Å². The van der Waals surface area contributed by atoms with E-state index in [4.69, 9.17) is 0 Å². The first-order valence-corrected chi connectivity index (χ1v) is 3.88. The van der Waals surface area contributed by atoms with Crippen LogP contribution in [0.4, 0.5) is 12.9 Å². The molecule has 0 spiro atoms. The zero-order chi connectivity index (χ0) is 11.7. The van der Waals surface area contributed by atoms with E-state index in [2.05, 4.69) is 0 Å². The fourth-order valence-corrected chi connectivity index (χ4v) is 0.728. The molecule has 0 amide bonds. The van der Waals surface area contributed by atoms with Gasteiger partial charge in [-0.2, -0.15) is 0 Å². The Balaban J connectivity index is 0. The Labute approximate surface area is 104 Å². The number of carboxylic acids is 1. The molecule has 16 heavy (non-hydrogen) atoms. The van der Waals surface area contributed by atoms with Crippen molar-refractivity contribution in [2.75, 3.05) is 0 Å². The Morgan fingerprint density at radius 1 is 1.19 bits per heavy atom. The molecule has 0 aromatic heterocycles. The molecule has 1 rings (SSSR count). The van der Waals surface area contributed by atoms with Crippen LogP contribution in [0.15, 0.2) is 36.4 Å². The number of benzene rings is 1. The molecule has 2 nitrogen and oxygen atoms in total. The van der Waals surface area contributed by atoms with Crippen LogP contribution in [0.3, 0.4) is 0 Å². The fourth-order valence-electron chi connectivity index (χ4n) is 0.728. The summed E-state index contributed by atoms with van der Waals surface area (Å²) >= 11 is 0. The Hall–Kier alpha value is -1.12. The molecule has 0 aliphatic rings. The summed E-state index contributed by atoms with van der Waals surface area (Å²) in [6.45, 7) is 0. The van der Waals surface area contributed by atoms with Crippen molar-refractivity contribution in [2.24, 2.45) is 0 Å². The summed E-state index contributed by atoms with van der Waals surface area (Å²) in [7, 11) is -3.67. The van der Waals surface area contributed by atoms with E-state index in [1.165, 1.54) is 6.08 Å². The van der Waals surface area contributed by atoms with E-state index in [9.17, 15) is 22.8 Å². The van der Waals surface area contributed by atoms with E-state index in [0.717, 1.165) is 11.6 Å². The summed E-state index contributed by atoms with van der Waals surface area (Å²) in [6, 6.07) is 9.19. The Kier molecular flexibility index (Phi) is 11.2. The molecule has 0 saturated carbocycles. The van der Waals surface area contributed by atoms with Crippen LogP contribution in [0.2, 0.25) is 0 Å². The molecule has 0 aliphatic carbocycles. The minimum absolute atomic E-state index is 0. The molecule has 1 aromatic carbocycles. The number of hydrogen-bond acceptors (Lipinski definition) is 2. The molecule has 0 unspecified atom stereocenters. The number of carboxylic acid groups (broad SMARTS) is 1. The molecule has 0 fully saturated rings. The van der Waals surface area contributed by atoms with Gasteiger partial charge in [0.1, 0.15) is 0 Å². The zero-order valence-corrected chi connectivity index (χ0v) is 8.57. The van der Waals surface area contributed by atoms with Crippen LogP contribution in [-0.4, -0.2) is 13.5 Å². The molecule has 1 aromatic rings. The van der Waals surface area contributed by atoms with Crippen molar-refractivity contribution < 1.29 is 41.7 Å². The maximum Gasteiger partial charge on any atom is 1.00 e. The molecule has 0 bridgehead atoms. The van der Waals surface area contributed by atoms with Crippen LogP contribution < -0.4 is 24.0 Å². The average Bonchev–Trinajstić information content (AvgIpc) is 2.15. The predicted molar refractivity (Wildman–Crippen MR) is 49.6 cm³/mol. The Morgan fingerprint density at radius 2 is 1.62 bits per heavy atom. The standard InChI is InChI=1S/C9H8O2.BF3.Li/c10-9(11)7-6-8-4-2-1-3-5-8;2-1(3)4;/h1-7H,(H,10,11);;/q;;+1/p-1. The van der Waals surface area contributed by atoms with Gasteiger partial charge in [-0.25, -0.2) is 0 Å². The number of carbonyl (C=O) groups is 1. The van der Waals surface area contributed by atoms with Gasteiger partial charge < -0.3 is 9.90 Å². The summed E-state index contributed by atoms with van der Waals surface area (Å²) in [5.74, 6) is -1.17.